The van der Waals surface area contributed by atoms with E-state index in [0.29, 0.717) is 13.0 Å². The van der Waals surface area contributed by atoms with Gasteiger partial charge in [-0.2, -0.15) is 0 Å². The molecule has 1 rings (SSSR count). The lowest BCUT2D eigenvalue weighted by molar-refractivity contribution is 0.173. The fraction of sp³-hybridized carbons (Fsp3) is 0.538. The molecule has 0 radical (unpaired) electrons. The Labute approximate surface area is 97.3 Å². The summed E-state index contributed by atoms with van der Waals surface area (Å²) in [4.78, 5) is 1.97. The van der Waals surface area contributed by atoms with E-state index in [1.165, 1.54) is 0 Å². The van der Waals surface area contributed by atoms with Crippen LogP contribution in [0, 0.1) is 0 Å². The molecule has 0 fully saturated rings. The van der Waals surface area contributed by atoms with Crippen LogP contribution in [-0.4, -0.2) is 29.9 Å². The minimum Gasteiger partial charge on any atom is -0.392 e. The average Bonchev–Trinajstić information content (AvgIpc) is 2.27. The van der Waals surface area contributed by atoms with Crippen molar-refractivity contribution in [2.75, 3.05) is 18.5 Å². The van der Waals surface area contributed by atoms with E-state index in [1.54, 1.807) is 6.92 Å². The number of likely N-dealkylation sites (N-methyl/N-ethyl adjacent to an activating group) is 1. The molecule has 90 valence electrons. The topological polar surface area (TPSA) is 43.7 Å². The van der Waals surface area contributed by atoms with E-state index in [0.717, 1.165) is 11.3 Å². The van der Waals surface area contributed by atoms with E-state index in [1.807, 2.05) is 43.1 Å². The van der Waals surface area contributed by atoms with Gasteiger partial charge in [0, 0.05) is 24.8 Å². The highest BCUT2D eigenvalue weighted by molar-refractivity contribution is 5.54. The highest BCUT2D eigenvalue weighted by atomic mass is 16.3. The smallest absolute Gasteiger partial charge is 0.0807 e. The average molecular weight is 223 g/mol. The molecule has 0 aromatic heterocycles. The first kappa shape index (κ1) is 13.0. The first-order valence-corrected chi connectivity index (χ1v) is 5.72. The molecule has 0 spiro atoms. The molecule has 0 heterocycles. The molecule has 3 nitrogen and oxygen atoms in total. The van der Waals surface area contributed by atoms with Gasteiger partial charge in [0.25, 0.3) is 0 Å². The van der Waals surface area contributed by atoms with Crippen LogP contribution in [0.2, 0.25) is 0 Å². The van der Waals surface area contributed by atoms with Gasteiger partial charge in [0.1, 0.15) is 0 Å². The van der Waals surface area contributed by atoms with E-state index in [9.17, 15) is 10.2 Å². The van der Waals surface area contributed by atoms with Gasteiger partial charge >= 0.3 is 0 Å². The minimum absolute atomic E-state index is 0.378. The lowest BCUT2D eigenvalue weighted by Crippen LogP contribution is -2.28. The molecule has 1 aromatic rings. The van der Waals surface area contributed by atoms with Crippen molar-refractivity contribution in [2.24, 2.45) is 0 Å². The predicted octanol–water partition coefficient (Wildman–Crippen LogP) is 1.95. The first-order chi connectivity index (χ1) is 7.56. The number of nitrogens with zero attached hydrogens (tertiary/aromatic N) is 1. The molecule has 0 bridgehead atoms. The highest BCUT2D eigenvalue weighted by Gasteiger charge is 2.13. The SMILES string of the molecule is CCC(O)c1ccccc1N(C)CC(C)O. The second-order valence-electron chi connectivity index (χ2n) is 4.21. The third-order valence-corrected chi connectivity index (χ3v) is 2.63. The maximum absolute atomic E-state index is 9.90. The van der Waals surface area contributed by atoms with Crippen molar-refractivity contribution in [3.8, 4) is 0 Å². The number of rotatable bonds is 5. The monoisotopic (exact) mass is 223 g/mol. The standard InChI is InChI=1S/C13H21NO2/c1-4-13(16)11-7-5-6-8-12(11)14(3)9-10(2)15/h5-8,10,13,15-16H,4,9H2,1-3H3. The molecule has 0 aliphatic carbocycles. The van der Waals surface area contributed by atoms with Crippen LogP contribution in [-0.2, 0) is 0 Å². The van der Waals surface area contributed by atoms with Crippen LogP contribution in [0.15, 0.2) is 24.3 Å². The summed E-state index contributed by atoms with van der Waals surface area (Å²) >= 11 is 0. The molecule has 2 N–H and O–H groups in total. The molecular weight excluding hydrogens is 202 g/mol. The van der Waals surface area contributed by atoms with Gasteiger partial charge in [-0.25, -0.2) is 0 Å². The zero-order valence-electron chi connectivity index (χ0n) is 10.2. The van der Waals surface area contributed by atoms with Gasteiger partial charge in [0.15, 0.2) is 0 Å². The maximum atomic E-state index is 9.90. The summed E-state index contributed by atoms with van der Waals surface area (Å²) in [5, 5.41) is 19.3. The lowest BCUT2D eigenvalue weighted by Gasteiger charge is -2.25. The van der Waals surface area contributed by atoms with Crippen molar-refractivity contribution in [1.29, 1.82) is 0 Å². The predicted molar refractivity (Wildman–Crippen MR) is 66.6 cm³/mol. The number of hydrogen-bond donors (Lipinski definition) is 2. The Morgan fingerprint density at radius 3 is 2.44 bits per heavy atom. The van der Waals surface area contributed by atoms with Crippen LogP contribution in [0.3, 0.4) is 0 Å². The molecule has 0 aliphatic heterocycles. The summed E-state index contributed by atoms with van der Waals surface area (Å²) in [6.07, 6.45) is -0.121. The summed E-state index contributed by atoms with van der Waals surface area (Å²) in [7, 11) is 1.92. The summed E-state index contributed by atoms with van der Waals surface area (Å²) in [6.45, 7) is 4.28. The van der Waals surface area contributed by atoms with E-state index in [2.05, 4.69) is 0 Å². The number of anilines is 1. The molecule has 0 aliphatic rings. The molecule has 0 saturated heterocycles. The molecule has 2 unspecified atom stereocenters. The van der Waals surface area contributed by atoms with Crippen molar-refractivity contribution >= 4 is 5.69 Å². The summed E-state index contributed by atoms with van der Waals surface area (Å²) in [6, 6.07) is 7.77. The van der Waals surface area contributed by atoms with E-state index in [-0.39, 0.29) is 6.10 Å². The highest BCUT2D eigenvalue weighted by Crippen LogP contribution is 2.27. The van der Waals surface area contributed by atoms with Gasteiger partial charge in [0.05, 0.1) is 12.2 Å². The van der Waals surface area contributed by atoms with Crippen LogP contribution in [0.1, 0.15) is 31.9 Å². The largest absolute Gasteiger partial charge is 0.392 e. The molecule has 1 aromatic carbocycles. The number of benzene rings is 1. The van der Waals surface area contributed by atoms with E-state index < -0.39 is 6.10 Å². The second kappa shape index (κ2) is 5.87. The molecular formula is C13H21NO2. The minimum atomic E-state index is -0.437. The molecule has 0 amide bonds. The van der Waals surface area contributed by atoms with Crippen molar-refractivity contribution in [3.05, 3.63) is 29.8 Å². The zero-order chi connectivity index (χ0) is 12.1. The van der Waals surface area contributed by atoms with Gasteiger partial charge < -0.3 is 15.1 Å². The molecule has 2 atom stereocenters. The normalized spacial score (nSPS) is 14.6. The molecule has 0 saturated carbocycles. The van der Waals surface area contributed by atoms with Gasteiger partial charge in [-0.1, -0.05) is 25.1 Å². The summed E-state index contributed by atoms with van der Waals surface area (Å²) < 4.78 is 0. The fourth-order valence-electron chi connectivity index (χ4n) is 1.83. The van der Waals surface area contributed by atoms with Crippen molar-refractivity contribution in [2.45, 2.75) is 32.5 Å². The lowest BCUT2D eigenvalue weighted by atomic mass is 10.0. The van der Waals surface area contributed by atoms with Crippen LogP contribution in [0.25, 0.3) is 0 Å². The van der Waals surface area contributed by atoms with Gasteiger partial charge in [-0.3, -0.25) is 0 Å². The fourth-order valence-corrected chi connectivity index (χ4v) is 1.83. The Morgan fingerprint density at radius 2 is 1.88 bits per heavy atom. The number of aliphatic hydroxyl groups is 2. The van der Waals surface area contributed by atoms with Gasteiger partial charge in [0.2, 0.25) is 0 Å². The molecule has 3 heteroatoms. The Morgan fingerprint density at radius 1 is 1.25 bits per heavy atom. The first-order valence-electron chi connectivity index (χ1n) is 5.72. The van der Waals surface area contributed by atoms with E-state index in [4.69, 9.17) is 0 Å². The van der Waals surface area contributed by atoms with Crippen LogP contribution >= 0.6 is 0 Å². The third kappa shape index (κ3) is 3.22. The maximum Gasteiger partial charge on any atom is 0.0807 e. The van der Waals surface area contributed by atoms with E-state index >= 15 is 0 Å². The quantitative estimate of drug-likeness (QED) is 0.802. The Hall–Kier alpha value is -1.06. The van der Waals surface area contributed by atoms with Gasteiger partial charge in [-0.05, 0) is 19.4 Å². The van der Waals surface area contributed by atoms with Crippen LogP contribution < -0.4 is 4.90 Å². The van der Waals surface area contributed by atoms with Crippen molar-refractivity contribution < 1.29 is 10.2 Å². The zero-order valence-corrected chi connectivity index (χ0v) is 10.2. The summed E-state index contributed by atoms with van der Waals surface area (Å²) in [5.41, 5.74) is 1.91. The Bertz CT molecular complexity index is 325. The number of para-hydroxylation sites is 1. The molecule has 16 heavy (non-hydrogen) atoms. The van der Waals surface area contributed by atoms with Gasteiger partial charge in [-0.15, -0.1) is 0 Å². The third-order valence-electron chi connectivity index (χ3n) is 2.63. The summed E-state index contributed by atoms with van der Waals surface area (Å²) in [5.74, 6) is 0. The number of hydrogen-bond acceptors (Lipinski definition) is 3. The second-order valence-corrected chi connectivity index (χ2v) is 4.21. The Kier molecular flexibility index (Phi) is 4.77. The van der Waals surface area contributed by atoms with Crippen LogP contribution in [0.5, 0.6) is 0 Å². The van der Waals surface area contributed by atoms with Crippen LogP contribution in [0.4, 0.5) is 5.69 Å². The number of aliphatic hydroxyl groups excluding tert-OH is 2. The van der Waals surface area contributed by atoms with Crippen molar-refractivity contribution in [1.82, 2.24) is 0 Å². The van der Waals surface area contributed by atoms with Crippen molar-refractivity contribution in [3.63, 3.8) is 0 Å². The Balaban J connectivity index is 2.93.